The molecule has 0 aliphatic rings. The summed E-state index contributed by atoms with van der Waals surface area (Å²) in [5.41, 5.74) is 1.04. The molecular weight excluding hydrogens is 240 g/mol. The molecule has 1 nitrogen and oxygen atoms in total. The van der Waals surface area contributed by atoms with Crippen LogP contribution in [0.5, 0.6) is 0 Å². The van der Waals surface area contributed by atoms with Crippen molar-refractivity contribution in [1.29, 1.82) is 0 Å². The standard InChI is InChI=1S/C13H17ClOS/c1-3-10(2)16-9-13(15)8-11-4-6-12(14)7-5-11/h4-7,10H,3,8-9H2,1-2H3. The van der Waals surface area contributed by atoms with Gasteiger partial charge in [0.25, 0.3) is 0 Å². The van der Waals surface area contributed by atoms with E-state index in [9.17, 15) is 4.79 Å². The molecule has 0 fully saturated rings. The van der Waals surface area contributed by atoms with E-state index in [1.807, 2.05) is 24.3 Å². The molecular formula is C13H17ClOS. The molecule has 0 radical (unpaired) electrons. The van der Waals surface area contributed by atoms with E-state index < -0.39 is 0 Å². The largest absolute Gasteiger partial charge is 0.298 e. The first kappa shape index (κ1) is 13.6. The Morgan fingerprint density at radius 1 is 1.38 bits per heavy atom. The van der Waals surface area contributed by atoms with Gasteiger partial charge in [-0.2, -0.15) is 11.8 Å². The summed E-state index contributed by atoms with van der Waals surface area (Å²) in [6, 6.07) is 7.47. The van der Waals surface area contributed by atoms with Crippen LogP contribution in [0.25, 0.3) is 0 Å². The quantitative estimate of drug-likeness (QED) is 0.766. The lowest BCUT2D eigenvalue weighted by Crippen LogP contribution is -2.08. The molecule has 88 valence electrons. The zero-order chi connectivity index (χ0) is 12.0. The third-order valence-electron chi connectivity index (χ3n) is 2.42. The minimum Gasteiger partial charge on any atom is -0.298 e. The Hall–Kier alpha value is -0.470. The second-order valence-electron chi connectivity index (χ2n) is 3.87. The molecule has 1 atom stereocenters. The summed E-state index contributed by atoms with van der Waals surface area (Å²) in [5, 5.41) is 1.28. The van der Waals surface area contributed by atoms with Gasteiger partial charge < -0.3 is 0 Å². The number of thioether (sulfide) groups is 1. The van der Waals surface area contributed by atoms with Gasteiger partial charge in [0.15, 0.2) is 0 Å². The van der Waals surface area contributed by atoms with Crippen molar-refractivity contribution in [2.24, 2.45) is 0 Å². The normalized spacial score (nSPS) is 12.4. The van der Waals surface area contributed by atoms with Gasteiger partial charge in [-0.3, -0.25) is 4.79 Å². The van der Waals surface area contributed by atoms with Crippen molar-refractivity contribution in [3.8, 4) is 0 Å². The Labute approximate surface area is 107 Å². The topological polar surface area (TPSA) is 17.1 Å². The fourth-order valence-electron chi connectivity index (χ4n) is 1.23. The van der Waals surface area contributed by atoms with Gasteiger partial charge in [0.05, 0.1) is 5.75 Å². The summed E-state index contributed by atoms with van der Waals surface area (Å²) in [5.74, 6) is 0.894. The highest BCUT2D eigenvalue weighted by Gasteiger charge is 2.06. The average Bonchev–Trinajstić information content (AvgIpc) is 2.29. The third-order valence-corrected chi connectivity index (χ3v) is 4.06. The second kappa shape index (κ2) is 6.97. The molecule has 0 aliphatic heterocycles. The van der Waals surface area contributed by atoms with Crippen molar-refractivity contribution in [3.05, 3.63) is 34.9 Å². The van der Waals surface area contributed by atoms with Crippen molar-refractivity contribution in [3.63, 3.8) is 0 Å². The van der Waals surface area contributed by atoms with Crippen molar-refractivity contribution in [1.82, 2.24) is 0 Å². The molecule has 1 rings (SSSR count). The molecule has 0 saturated carbocycles. The van der Waals surface area contributed by atoms with Crippen LogP contribution in [0.4, 0.5) is 0 Å². The molecule has 0 aromatic heterocycles. The van der Waals surface area contributed by atoms with Crippen LogP contribution in [-0.4, -0.2) is 16.8 Å². The Morgan fingerprint density at radius 3 is 2.56 bits per heavy atom. The molecule has 0 heterocycles. The highest BCUT2D eigenvalue weighted by atomic mass is 35.5. The lowest BCUT2D eigenvalue weighted by Gasteiger charge is -2.07. The van der Waals surface area contributed by atoms with E-state index in [-0.39, 0.29) is 5.78 Å². The van der Waals surface area contributed by atoms with Gasteiger partial charge in [-0.25, -0.2) is 0 Å². The highest BCUT2D eigenvalue weighted by molar-refractivity contribution is 8.00. The summed E-state index contributed by atoms with van der Waals surface area (Å²) < 4.78 is 0. The maximum Gasteiger partial charge on any atom is 0.147 e. The van der Waals surface area contributed by atoms with Crippen LogP contribution in [0.3, 0.4) is 0 Å². The van der Waals surface area contributed by atoms with E-state index in [0.29, 0.717) is 22.4 Å². The van der Waals surface area contributed by atoms with Crippen LogP contribution in [0.2, 0.25) is 5.02 Å². The van der Waals surface area contributed by atoms with Gasteiger partial charge in [0, 0.05) is 16.7 Å². The number of ketones is 1. The lowest BCUT2D eigenvalue weighted by molar-refractivity contribution is -0.116. The highest BCUT2D eigenvalue weighted by Crippen LogP contribution is 2.15. The van der Waals surface area contributed by atoms with Crippen LogP contribution in [0, 0.1) is 0 Å². The van der Waals surface area contributed by atoms with Crippen LogP contribution in [0.15, 0.2) is 24.3 Å². The molecule has 0 N–H and O–H groups in total. The molecule has 1 aromatic carbocycles. The predicted octanol–water partition coefficient (Wildman–Crippen LogP) is 3.98. The number of halogens is 1. The smallest absolute Gasteiger partial charge is 0.147 e. The number of carbonyl (C=O) groups excluding carboxylic acids is 1. The van der Waals surface area contributed by atoms with Crippen LogP contribution >= 0.6 is 23.4 Å². The number of rotatable bonds is 6. The van der Waals surface area contributed by atoms with Gasteiger partial charge in [0.2, 0.25) is 0 Å². The van der Waals surface area contributed by atoms with Crippen LogP contribution in [-0.2, 0) is 11.2 Å². The zero-order valence-electron chi connectivity index (χ0n) is 9.70. The Morgan fingerprint density at radius 2 is 2.00 bits per heavy atom. The Kier molecular flexibility index (Phi) is 5.93. The van der Waals surface area contributed by atoms with Gasteiger partial charge in [-0.05, 0) is 24.1 Å². The first-order chi connectivity index (χ1) is 7.61. The van der Waals surface area contributed by atoms with Crippen molar-refractivity contribution in [2.45, 2.75) is 31.9 Å². The van der Waals surface area contributed by atoms with Gasteiger partial charge >= 0.3 is 0 Å². The molecule has 16 heavy (non-hydrogen) atoms. The molecule has 0 spiro atoms. The molecule has 0 bridgehead atoms. The monoisotopic (exact) mass is 256 g/mol. The SMILES string of the molecule is CCC(C)SCC(=O)Cc1ccc(Cl)cc1. The predicted molar refractivity (Wildman–Crippen MR) is 72.4 cm³/mol. The molecule has 1 aromatic rings. The van der Waals surface area contributed by atoms with Gasteiger partial charge in [0.1, 0.15) is 5.78 Å². The van der Waals surface area contributed by atoms with E-state index in [2.05, 4.69) is 13.8 Å². The number of carbonyl (C=O) groups is 1. The van der Waals surface area contributed by atoms with Gasteiger partial charge in [-0.15, -0.1) is 0 Å². The lowest BCUT2D eigenvalue weighted by atomic mass is 10.1. The number of benzene rings is 1. The third kappa shape index (κ3) is 5.04. The molecule has 3 heteroatoms. The Bertz CT molecular complexity index is 334. The molecule has 0 saturated heterocycles. The number of hydrogen-bond acceptors (Lipinski definition) is 2. The second-order valence-corrected chi connectivity index (χ2v) is 5.73. The van der Waals surface area contributed by atoms with E-state index in [4.69, 9.17) is 11.6 Å². The zero-order valence-corrected chi connectivity index (χ0v) is 11.3. The minimum atomic E-state index is 0.285. The van der Waals surface area contributed by atoms with Crippen LogP contribution < -0.4 is 0 Å². The molecule has 0 amide bonds. The Balaban J connectivity index is 2.37. The van der Waals surface area contributed by atoms with E-state index in [1.165, 1.54) is 0 Å². The summed E-state index contributed by atoms with van der Waals surface area (Å²) in [6.45, 7) is 4.29. The van der Waals surface area contributed by atoms with Crippen molar-refractivity contribution >= 4 is 29.1 Å². The average molecular weight is 257 g/mol. The first-order valence-electron chi connectivity index (χ1n) is 5.49. The summed E-state index contributed by atoms with van der Waals surface area (Å²) in [4.78, 5) is 11.7. The molecule has 1 unspecified atom stereocenters. The fraction of sp³-hybridized carbons (Fsp3) is 0.462. The molecule has 0 aliphatic carbocycles. The van der Waals surface area contributed by atoms with E-state index in [1.54, 1.807) is 11.8 Å². The van der Waals surface area contributed by atoms with Crippen molar-refractivity contribution in [2.75, 3.05) is 5.75 Å². The summed E-state index contributed by atoms with van der Waals surface area (Å²) in [7, 11) is 0. The van der Waals surface area contributed by atoms with E-state index >= 15 is 0 Å². The minimum absolute atomic E-state index is 0.285. The van der Waals surface area contributed by atoms with Crippen molar-refractivity contribution < 1.29 is 4.79 Å². The first-order valence-corrected chi connectivity index (χ1v) is 6.92. The van der Waals surface area contributed by atoms with Crippen LogP contribution in [0.1, 0.15) is 25.8 Å². The maximum atomic E-state index is 11.7. The van der Waals surface area contributed by atoms with Gasteiger partial charge in [-0.1, -0.05) is 37.6 Å². The fourth-order valence-corrected chi connectivity index (χ4v) is 2.17. The summed E-state index contributed by atoms with van der Waals surface area (Å²) >= 11 is 7.51. The van der Waals surface area contributed by atoms with E-state index in [0.717, 1.165) is 12.0 Å². The summed E-state index contributed by atoms with van der Waals surface area (Å²) in [6.07, 6.45) is 1.62. The number of Topliss-reactive ketones (excluding diaryl/α,β-unsaturated/α-hetero) is 1. The maximum absolute atomic E-state index is 11.7. The number of hydrogen-bond donors (Lipinski definition) is 0.